The van der Waals surface area contributed by atoms with Crippen molar-refractivity contribution in [2.75, 3.05) is 0 Å². The molecule has 0 amide bonds. The Morgan fingerprint density at radius 1 is 1.33 bits per heavy atom. The third kappa shape index (κ3) is 4.31. The third-order valence-corrected chi connectivity index (χ3v) is 5.06. The Morgan fingerprint density at radius 2 is 2.04 bits per heavy atom. The van der Waals surface area contributed by atoms with Crippen LogP contribution in [0.15, 0.2) is 17.7 Å². The average molecular weight is 332 g/mol. The van der Waals surface area contributed by atoms with Crippen LogP contribution in [0.4, 0.5) is 0 Å². The van der Waals surface area contributed by atoms with E-state index in [-0.39, 0.29) is 12.0 Å². The molecule has 1 unspecified atom stereocenters. The highest BCUT2D eigenvalue weighted by atomic mass is 16.5. The Bertz CT molecular complexity index is 660. The van der Waals surface area contributed by atoms with Gasteiger partial charge in [-0.1, -0.05) is 11.6 Å². The zero-order chi connectivity index (χ0) is 17.9. The molecule has 0 aromatic heterocycles. The van der Waals surface area contributed by atoms with Gasteiger partial charge in [-0.05, 0) is 82.6 Å². The molecule has 24 heavy (non-hydrogen) atoms. The van der Waals surface area contributed by atoms with Crippen LogP contribution in [0.1, 0.15) is 62.6 Å². The molecule has 2 rings (SSSR count). The maximum absolute atomic E-state index is 10.6. The number of allylic oxidation sites excluding steroid dienone is 2. The van der Waals surface area contributed by atoms with Crippen molar-refractivity contribution in [1.29, 1.82) is 0 Å². The van der Waals surface area contributed by atoms with E-state index in [4.69, 9.17) is 9.84 Å². The van der Waals surface area contributed by atoms with Gasteiger partial charge in [0.05, 0.1) is 0 Å². The molecule has 4 heteroatoms. The normalized spacial score (nSPS) is 20.4. The Morgan fingerprint density at radius 3 is 2.71 bits per heavy atom. The highest BCUT2D eigenvalue weighted by Crippen LogP contribution is 2.41. The number of phenols is 1. The van der Waals surface area contributed by atoms with Gasteiger partial charge >= 0.3 is 5.97 Å². The highest BCUT2D eigenvalue weighted by molar-refractivity contribution is 5.67. The minimum atomic E-state index is -0.754. The molecule has 0 saturated carbocycles. The van der Waals surface area contributed by atoms with E-state index in [0.29, 0.717) is 12.2 Å². The van der Waals surface area contributed by atoms with E-state index in [9.17, 15) is 9.90 Å². The molecule has 1 atom stereocenters. The summed E-state index contributed by atoms with van der Waals surface area (Å²) >= 11 is 0. The number of fused-ring (bicyclic) bond motifs is 1. The molecule has 0 bridgehead atoms. The molecule has 0 spiro atoms. The molecule has 2 N–H and O–H groups in total. The SMILES string of the molecule is C/C(=C\CCC1(C)CCc2cc(O)c(C)c(C)c2O1)CCC(=O)O. The average Bonchev–Trinajstić information content (AvgIpc) is 2.52. The maximum Gasteiger partial charge on any atom is 0.303 e. The number of ether oxygens (including phenoxy) is 1. The van der Waals surface area contributed by atoms with E-state index in [1.165, 1.54) is 0 Å². The molecule has 0 radical (unpaired) electrons. The first-order valence-corrected chi connectivity index (χ1v) is 8.60. The smallest absolute Gasteiger partial charge is 0.303 e. The lowest BCUT2D eigenvalue weighted by Crippen LogP contribution is -2.36. The topological polar surface area (TPSA) is 66.8 Å². The van der Waals surface area contributed by atoms with Crippen molar-refractivity contribution in [3.63, 3.8) is 0 Å². The second-order valence-corrected chi connectivity index (χ2v) is 7.17. The van der Waals surface area contributed by atoms with Crippen LogP contribution in [-0.4, -0.2) is 21.8 Å². The number of hydrogen-bond donors (Lipinski definition) is 2. The lowest BCUT2D eigenvalue weighted by molar-refractivity contribution is -0.136. The molecule has 1 aromatic rings. The molecular formula is C20H28O4. The fraction of sp³-hybridized carbons (Fsp3) is 0.550. The Balaban J connectivity index is 2.02. The minimum Gasteiger partial charge on any atom is -0.508 e. The lowest BCUT2D eigenvalue weighted by Gasteiger charge is -2.37. The van der Waals surface area contributed by atoms with Crippen LogP contribution in [0.5, 0.6) is 11.5 Å². The van der Waals surface area contributed by atoms with Crippen LogP contribution in [0.3, 0.4) is 0 Å². The monoisotopic (exact) mass is 332 g/mol. The van der Waals surface area contributed by atoms with Crippen molar-refractivity contribution in [3.05, 3.63) is 34.4 Å². The number of carboxylic acid groups (broad SMARTS) is 1. The van der Waals surface area contributed by atoms with E-state index in [2.05, 4.69) is 13.0 Å². The first kappa shape index (κ1) is 18.4. The van der Waals surface area contributed by atoms with Crippen LogP contribution in [-0.2, 0) is 11.2 Å². The zero-order valence-corrected chi connectivity index (χ0v) is 15.1. The van der Waals surface area contributed by atoms with E-state index in [0.717, 1.165) is 53.7 Å². The minimum absolute atomic E-state index is 0.186. The number of carbonyl (C=O) groups is 1. The van der Waals surface area contributed by atoms with E-state index >= 15 is 0 Å². The second kappa shape index (κ2) is 7.29. The van der Waals surface area contributed by atoms with Gasteiger partial charge in [0.15, 0.2) is 0 Å². The number of aryl methyl sites for hydroxylation is 1. The van der Waals surface area contributed by atoms with Crippen LogP contribution in [0.2, 0.25) is 0 Å². The van der Waals surface area contributed by atoms with Crippen molar-refractivity contribution < 1.29 is 19.7 Å². The third-order valence-electron chi connectivity index (χ3n) is 5.06. The fourth-order valence-electron chi connectivity index (χ4n) is 3.17. The molecule has 0 aliphatic carbocycles. The molecule has 4 nitrogen and oxygen atoms in total. The molecule has 0 saturated heterocycles. The summed E-state index contributed by atoms with van der Waals surface area (Å²) in [5.41, 5.74) is 3.88. The van der Waals surface area contributed by atoms with Crippen molar-refractivity contribution in [1.82, 2.24) is 0 Å². The summed E-state index contributed by atoms with van der Waals surface area (Å²) in [7, 11) is 0. The quantitative estimate of drug-likeness (QED) is 0.742. The van der Waals surface area contributed by atoms with Crippen molar-refractivity contribution in [2.45, 2.75) is 71.8 Å². The molecular weight excluding hydrogens is 304 g/mol. The zero-order valence-electron chi connectivity index (χ0n) is 15.1. The largest absolute Gasteiger partial charge is 0.508 e. The molecule has 1 aliphatic rings. The highest BCUT2D eigenvalue weighted by Gasteiger charge is 2.32. The van der Waals surface area contributed by atoms with Gasteiger partial charge < -0.3 is 14.9 Å². The first-order chi connectivity index (χ1) is 11.2. The Hall–Kier alpha value is -1.97. The van der Waals surface area contributed by atoms with E-state index in [1.54, 1.807) is 0 Å². The Kier molecular flexibility index (Phi) is 5.58. The van der Waals surface area contributed by atoms with Gasteiger partial charge in [0.2, 0.25) is 0 Å². The summed E-state index contributed by atoms with van der Waals surface area (Å²) in [6, 6.07) is 1.83. The van der Waals surface area contributed by atoms with Gasteiger partial charge in [0, 0.05) is 6.42 Å². The second-order valence-electron chi connectivity index (χ2n) is 7.17. The predicted molar refractivity (Wildman–Crippen MR) is 94.8 cm³/mol. The molecule has 132 valence electrons. The summed E-state index contributed by atoms with van der Waals surface area (Å²) in [6.45, 7) is 8.03. The molecule has 1 aromatic carbocycles. The van der Waals surface area contributed by atoms with Gasteiger partial charge in [-0.25, -0.2) is 0 Å². The number of hydrogen-bond acceptors (Lipinski definition) is 3. The van der Waals surface area contributed by atoms with Crippen molar-refractivity contribution >= 4 is 5.97 Å². The van der Waals surface area contributed by atoms with Gasteiger partial charge in [-0.15, -0.1) is 0 Å². The summed E-state index contributed by atoms with van der Waals surface area (Å²) in [6.07, 6.45) is 6.52. The summed E-state index contributed by atoms with van der Waals surface area (Å²) < 4.78 is 6.33. The summed E-state index contributed by atoms with van der Waals surface area (Å²) in [5, 5.41) is 18.7. The predicted octanol–water partition coefficient (Wildman–Crippen LogP) is 4.68. The summed E-state index contributed by atoms with van der Waals surface area (Å²) in [5.74, 6) is 0.511. The van der Waals surface area contributed by atoms with Crippen molar-refractivity contribution in [2.24, 2.45) is 0 Å². The summed E-state index contributed by atoms with van der Waals surface area (Å²) in [4.78, 5) is 10.6. The number of benzene rings is 1. The van der Waals surface area contributed by atoms with Gasteiger partial charge in [0.25, 0.3) is 0 Å². The lowest BCUT2D eigenvalue weighted by atomic mass is 9.87. The van der Waals surface area contributed by atoms with Gasteiger partial charge in [-0.3, -0.25) is 4.79 Å². The molecule has 1 heterocycles. The fourth-order valence-corrected chi connectivity index (χ4v) is 3.17. The number of aromatic hydroxyl groups is 1. The number of rotatable bonds is 6. The number of phenolic OH excluding ortho intramolecular Hbond substituents is 1. The Labute approximate surface area is 144 Å². The standard InChI is InChI=1S/C20H28O4/c1-13(7-8-18(22)23)6-5-10-20(4)11-9-16-12-17(21)14(2)15(3)19(16)24-20/h6,12,21H,5,7-11H2,1-4H3,(H,22,23)/b13-6+. The number of aliphatic carboxylic acids is 1. The van der Waals surface area contributed by atoms with E-state index < -0.39 is 5.97 Å². The van der Waals surface area contributed by atoms with Crippen LogP contribution < -0.4 is 4.74 Å². The van der Waals surface area contributed by atoms with Gasteiger partial charge in [0.1, 0.15) is 17.1 Å². The van der Waals surface area contributed by atoms with Crippen LogP contribution >= 0.6 is 0 Å². The van der Waals surface area contributed by atoms with E-state index in [1.807, 2.05) is 26.8 Å². The van der Waals surface area contributed by atoms with Crippen molar-refractivity contribution in [3.8, 4) is 11.5 Å². The van der Waals surface area contributed by atoms with Crippen LogP contribution in [0.25, 0.3) is 0 Å². The first-order valence-electron chi connectivity index (χ1n) is 8.60. The van der Waals surface area contributed by atoms with Gasteiger partial charge in [-0.2, -0.15) is 0 Å². The maximum atomic E-state index is 10.6. The molecule has 0 fully saturated rings. The molecule has 1 aliphatic heterocycles. The van der Waals surface area contributed by atoms with Crippen LogP contribution in [0, 0.1) is 13.8 Å². The number of carboxylic acids is 1.